The van der Waals surface area contributed by atoms with Crippen molar-refractivity contribution in [2.45, 2.75) is 19.3 Å². The third kappa shape index (κ3) is 6.45. The highest BCUT2D eigenvalue weighted by atomic mass is 14.9. The molecular weight excluding hydrogens is 737 g/mol. The van der Waals surface area contributed by atoms with Gasteiger partial charge in [0.1, 0.15) is 0 Å². The largest absolute Gasteiger partial charge is 0.228 e. The number of fused-ring (bicyclic) bond motifs is 4. The summed E-state index contributed by atoms with van der Waals surface area (Å²) in [6, 6.07) is 78.5. The molecule has 0 amide bonds. The average molecular weight is 779 g/mol. The van der Waals surface area contributed by atoms with E-state index in [1.54, 1.807) is 0 Å². The van der Waals surface area contributed by atoms with Gasteiger partial charge in [-0.3, -0.25) is 0 Å². The summed E-state index contributed by atoms with van der Waals surface area (Å²) in [6.07, 6.45) is 0. The highest BCUT2D eigenvalue weighted by Gasteiger charge is 2.37. The average Bonchev–Trinajstić information content (AvgIpc) is 3.57. The Kier molecular flexibility index (Phi) is 8.86. The number of hydrogen-bond acceptors (Lipinski definition) is 2. The monoisotopic (exact) mass is 778 g/mol. The maximum Gasteiger partial charge on any atom is 0.160 e. The number of rotatable bonds is 7. The third-order valence-electron chi connectivity index (χ3n) is 12.5. The minimum absolute atomic E-state index is 0.0800. The lowest BCUT2D eigenvalue weighted by atomic mass is 9.79. The molecule has 10 aromatic rings. The van der Waals surface area contributed by atoms with Gasteiger partial charge in [-0.1, -0.05) is 208 Å². The lowest BCUT2D eigenvalue weighted by Crippen LogP contribution is -2.16. The molecule has 61 heavy (non-hydrogen) atoms. The summed E-state index contributed by atoms with van der Waals surface area (Å²) in [6.45, 7) is 4.72. The molecule has 11 rings (SSSR count). The molecule has 0 saturated heterocycles. The van der Waals surface area contributed by atoms with E-state index < -0.39 is 0 Å². The Labute approximate surface area is 357 Å². The van der Waals surface area contributed by atoms with Crippen molar-refractivity contribution >= 4 is 10.8 Å². The maximum atomic E-state index is 5.30. The molecule has 288 valence electrons. The van der Waals surface area contributed by atoms with Crippen LogP contribution in [0.4, 0.5) is 0 Å². The van der Waals surface area contributed by atoms with Gasteiger partial charge in [-0.25, -0.2) is 9.97 Å². The van der Waals surface area contributed by atoms with Gasteiger partial charge in [0.2, 0.25) is 0 Å². The predicted molar refractivity (Wildman–Crippen MR) is 255 cm³/mol. The predicted octanol–water partition coefficient (Wildman–Crippen LogP) is 15.6. The summed E-state index contributed by atoms with van der Waals surface area (Å²) >= 11 is 0. The Balaban J connectivity index is 1.03. The van der Waals surface area contributed by atoms with E-state index >= 15 is 0 Å². The summed E-state index contributed by atoms with van der Waals surface area (Å²) in [4.78, 5) is 10.6. The molecule has 0 fully saturated rings. The molecule has 0 aliphatic heterocycles. The Morgan fingerprint density at radius 1 is 0.295 bits per heavy atom. The number of benzene rings is 9. The van der Waals surface area contributed by atoms with Crippen molar-refractivity contribution in [3.05, 3.63) is 230 Å². The highest BCUT2D eigenvalue weighted by molar-refractivity contribution is 6.05. The first-order valence-corrected chi connectivity index (χ1v) is 21.1. The van der Waals surface area contributed by atoms with Crippen LogP contribution in [-0.4, -0.2) is 9.97 Å². The van der Waals surface area contributed by atoms with E-state index in [4.69, 9.17) is 9.97 Å². The first-order valence-electron chi connectivity index (χ1n) is 21.1. The standard InChI is InChI=1S/C59H42N2/c1-59(2)54-28-15-14-25-51(54)53-27-16-26-48(57(53)59)42-31-29-41(30-32-42)47-33-34-52(50-24-13-12-23-49(47)50)56-38-55(60-58(61-56)43-21-10-5-11-22-43)46-36-44(39-17-6-3-7-18-39)35-45(37-46)40-19-8-4-9-20-40/h3-38H,1-2H3. The van der Waals surface area contributed by atoms with E-state index in [9.17, 15) is 0 Å². The third-order valence-corrected chi connectivity index (χ3v) is 12.5. The summed E-state index contributed by atoms with van der Waals surface area (Å²) in [7, 11) is 0. The van der Waals surface area contributed by atoms with Gasteiger partial charge in [0.15, 0.2) is 5.82 Å². The van der Waals surface area contributed by atoms with Crippen molar-refractivity contribution in [1.82, 2.24) is 9.97 Å². The fourth-order valence-corrected chi connectivity index (χ4v) is 9.51. The lowest BCUT2D eigenvalue weighted by Gasteiger charge is -2.24. The highest BCUT2D eigenvalue weighted by Crippen LogP contribution is 2.52. The van der Waals surface area contributed by atoms with Gasteiger partial charge in [-0.05, 0) is 102 Å². The topological polar surface area (TPSA) is 25.8 Å². The van der Waals surface area contributed by atoms with Crippen LogP contribution < -0.4 is 0 Å². The SMILES string of the molecule is CC1(C)c2ccccc2-c2cccc(-c3ccc(-c4ccc(-c5cc(-c6cc(-c7ccccc7)cc(-c7ccccc7)c6)nc(-c6ccccc6)n5)c5ccccc45)cc3)c21. The molecule has 1 aliphatic rings. The molecule has 2 nitrogen and oxygen atoms in total. The second-order valence-electron chi connectivity index (χ2n) is 16.5. The molecular formula is C59H42N2. The van der Waals surface area contributed by atoms with Gasteiger partial charge in [0.25, 0.3) is 0 Å². The van der Waals surface area contributed by atoms with Crippen LogP contribution in [0.25, 0.3) is 100 Å². The van der Waals surface area contributed by atoms with Crippen molar-refractivity contribution in [1.29, 1.82) is 0 Å². The molecule has 1 aliphatic carbocycles. The van der Waals surface area contributed by atoms with Gasteiger partial charge >= 0.3 is 0 Å². The molecule has 2 heteroatoms. The van der Waals surface area contributed by atoms with Crippen LogP contribution in [0, 0.1) is 0 Å². The van der Waals surface area contributed by atoms with Crippen LogP contribution >= 0.6 is 0 Å². The van der Waals surface area contributed by atoms with Crippen molar-refractivity contribution in [3.8, 4) is 89.5 Å². The van der Waals surface area contributed by atoms with Crippen LogP contribution in [0.2, 0.25) is 0 Å². The Morgan fingerprint density at radius 2 is 0.770 bits per heavy atom. The molecule has 0 spiro atoms. The number of nitrogens with zero attached hydrogens (tertiary/aromatic N) is 2. The van der Waals surface area contributed by atoms with Crippen molar-refractivity contribution in [3.63, 3.8) is 0 Å². The van der Waals surface area contributed by atoms with Gasteiger partial charge in [0.05, 0.1) is 11.4 Å². The zero-order chi connectivity index (χ0) is 40.9. The zero-order valence-electron chi connectivity index (χ0n) is 34.2. The van der Waals surface area contributed by atoms with E-state index in [2.05, 4.69) is 226 Å². The molecule has 0 unspecified atom stereocenters. The minimum atomic E-state index is -0.0800. The maximum absolute atomic E-state index is 5.30. The smallest absolute Gasteiger partial charge is 0.160 e. The second kappa shape index (κ2) is 14.9. The van der Waals surface area contributed by atoms with E-state index in [1.165, 1.54) is 49.9 Å². The molecule has 0 bridgehead atoms. The van der Waals surface area contributed by atoms with Crippen molar-refractivity contribution in [2.75, 3.05) is 0 Å². The van der Waals surface area contributed by atoms with Crippen molar-refractivity contribution in [2.24, 2.45) is 0 Å². The fraction of sp³-hybridized carbons (Fsp3) is 0.0508. The zero-order valence-corrected chi connectivity index (χ0v) is 34.2. The van der Waals surface area contributed by atoms with Gasteiger partial charge in [0, 0.05) is 22.1 Å². The van der Waals surface area contributed by atoms with E-state index in [1.807, 2.05) is 6.07 Å². The summed E-state index contributed by atoms with van der Waals surface area (Å²) in [5, 5.41) is 2.33. The Hall–Kier alpha value is -7.68. The first-order chi connectivity index (χ1) is 30.0. The Morgan fingerprint density at radius 3 is 1.43 bits per heavy atom. The molecule has 0 radical (unpaired) electrons. The summed E-state index contributed by atoms with van der Waals surface area (Å²) in [5.74, 6) is 0.696. The van der Waals surface area contributed by atoms with Crippen LogP contribution in [0.1, 0.15) is 25.0 Å². The summed E-state index contributed by atoms with van der Waals surface area (Å²) in [5.41, 5.74) is 19.8. The quantitative estimate of drug-likeness (QED) is 0.161. The van der Waals surface area contributed by atoms with Gasteiger partial charge < -0.3 is 0 Å². The van der Waals surface area contributed by atoms with Crippen LogP contribution in [-0.2, 0) is 5.41 Å². The van der Waals surface area contributed by atoms with E-state index in [0.29, 0.717) is 5.82 Å². The number of hydrogen-bond donors (Lipinski definition) is 0. The summed E-state index contributed by atoms with van der Waals surface area (Å²) < 4.78 is 0. The van der Waals surface area contributed by atoms with Crippen molar-refractivity contribution < 1.29 is 0 Å². The molecule has 1 aromatic heterocycles. The molecule has 0 saturated carbocycles. The van der Waals surface area contributed by atoms with Crippen LogP contribution in [0.3, 0.4) is 0 Å². The Bertz CT molecular complexity index is 3180. The van der Waals surface area contributed by atoms with E-state index in [-0.39, 0.29) is 5.41 Å². The molecule has 1 heterocycles. The van der Waals surface area contributed by atoms with Crippen LogP contribution in [0.15, 0.2) is 218 Å². The second-order valence-corrected chi connectivity index (χ2v) is 16.5. The molecule has 0 atom stereocenters. The normalized spacial score (nSPS) is 12.6. The fourth-order valence-electron chi connectivity index (χ4n) is 9.51. The number of aromatic nitrogens is 2. The molecule has 9 aromatic carbocycles. The van der Waals surface area contributed by atoms with E-state index in [0.717, 1.165) is 55.7 Å². The first kappa shape index (κ1) is 36.4. The minimum Gasteiger partial charge on any atom is -0.228 e. The van der Waals surface area contributed by atoms with Gasteiger partial charge in [-0.15, -0.1) is 0 Å². The lowest BCUT2D eigenvalue weighted by molar-refractivity contribution is 0.662. The van der Waals surface area contributed by atoms with Crippen LogP contribution in [0.5, 0.6) is 0 Å². The van der Waals surface area contributed by atoms with Gasteiger partial charge in [-0.2, -0.15) is 0 Å². The molecule has 0 N–H and O–H groups in total.